The minimum atomic E-state index is 0.0642. The van der Waals surface area contributed by atoms with Crippen LogP contribution in [-0.2, 0) is 0 Å². The summed E-state index contributed by atoms with van der Waals surface area (Å²) in [4.78, 5) is 19.3. The van der Waals surface area contributed by atoms with E-state index in [1.165, 1.54) is 67.7 Å². The Labute approximate surface area is 209 Å². The first-order chi connectivity index (χ1) is 16.6. The Morgan fingerprint density at radius 1 is 0.941 bits per heavy atom. The molecule has 3 nitrogen and oxygen atoms in total. The maximum absolute atomic E-state index is 12.5. The number of hydrogen-bond donors (Lipinski definition) is 0. The van der Waals surface area contributed by atoms with Crippen LogP contribution in [0.2, 0.25) is 0 Å². The van der Waals surface area contributed by atoms with Gasteiger partial charge < -0.3 is 0 Å². The zero-order chi connectivity index (χ0) is 23.8. The van der Waals surface area contributed by atoms with Crippen LogP contribution in [0.4, 0.5) is 0 Å². The van der Waals surface area contributed by atoms with Crippen molar-refractivity contribution in [2.24, 2.45) is 17.8 Å². The summed E-state index contributed by atoms with van der Waals surface area (Å²) in [5.41, 5.74) is 2.78. The highest BCUT2D eigenvalue weighted by Crippen LogP contribution is 2.35. The Morgan fingerprint density at radius 3 is 2.15 bits per heavy atom. The number of nitrogens with zero attached hydrogens (tertiary/aromatic N) is 2. The van der Waals surface area contributed by atoms with Crippen LogP contribution < -0.4 is 0 Å². The summed E-state index contributed by atoms with van der Waals surface area (Å²) in [6.07, 6.45) is 9.31. The third-order valence-corrected chi connectivity index (χ3v) is 8.30. The van der Waals surface area contributed by atoms with Gasteiger partial charge in [0, 0.05) is 30.6 Å². The Morgan fingerprint density at radius 2 is 1.56 bits per heavy atom. The lowest BCUT2D eigenvalue weighted by atomic mass is 9.86. The van der Waals surface area contributed by atoms with Crippen molar-refractivity contribution >= 4 is 17.1 Å². The SMILES string of the molecule is CC(CCCCCCC1CN(C(c2ccccc2)c2ccccc2)C1)C(C)C(=O)c1nccs1. The lowest BCUT2D eigenvalue weighted by Gasteiger charge is -2.45. The van der Waals surface area contributed by atoms with Crippen molar-refractivity contribution in [3.8, 4) is 0 Å². The molecule has 0 bridgehead atoms. The van der Waals surface area contributed by atoms with Crippen LogP contribution in [0.3, 0.4) is 0 Å². The zero-order valence-corrected chi connectivity index (χ0v) is 21.4. The number of benzene rings is 2. The molecule has 4 rings (SSSR count). The molecule has 2 unspecified atom stereocenters. The molecule has 1 aliphatic heterocycles. The molecule has 34 heavy (non-hydrogen) atoms. The van der Waals surface area contributed by atoms with E-state index < -0.39 is 0 Å². The molecule has 2 heterocycles. The van der Waals surface area contributed by atoms with Crippen molar-refractivity contribution in [3.05, 3.63) is 88.4 Å². The average molecular weight is 475 g/mol. The number of thiazole rings is 1. The highest BCUT2D eigenvalue weighted by molar-refractivity contribution is 7.11. The van der Waals surface area contributed by atoms with Crippen LogP contribution in [0.25, 0.3) is 0 Å². The Hall–Kier alpha value is -2.30. The molecule has 2 aromatic carbocycles. The van der Waals surface area contributed by atoms with Crippen LogP contribution in [0.15, 0.2) is 72.2 Å². The van der Waals surface area contributed by atoms with E-state index >= 15 is 0 Å². The van der Waals surface area contributed by atoms with Gasteiger partial charge in [0.05, 0.1) is 6.04 Å². The molecule has 0 saturated carbocycles. The monoisotopic (exact) mass is 474 g/mol. The fourth-order valence-corrected chi connectivity index (χ4v) is 5.86. The second-order valence-electron chi connectivity index (χ2n) is 10.0. The van der Waals surface area contributed by atoms with Crippen LogP contribution in [0.5, 0.6) is 0 Å². The van der Waals surface area contributed by atoms with E-state index in [-0.39, 0.29) is 11.7 Å². The first-order valence-electron chi connectivity index (χ1n) is 12.9. The minimum absolute atomic E-state index is 0.0642. The predicted molar refractivity (Wildman–Crippen MR) is 142 cm³/mol. The number of hydrogen-bond acceptors (Lipinski definition) is 4. The van der Waals surface area contributed by atoms with Gasteiger partial charge in [-0.15, -0.1) is 11.3 Å². The van der Waals surface area contributed by atoms with Crippen LogP contribution in [0, 0.1) is 17.8 Å². The van der Waals surface area contributed by atoms with E-state index in [9.17, 15) is 4.79 Å². The largest absolute Gasteiger partial charge is 0.292 e. The van der Waals surface area contributed by atoms with Gasteiger partial charge in [0.15, 0.2) is 10.8 Å². The highest BCUT2D eigenvalue weighted by atomic mass is 32.1. The lowest BCUT2D eigenvalue weighted by Crippen LogP contribution is -2.48. The molecule has 2 atom stereocenters. The van der Waals surface area contributed by atoms with Gasteiger partial charge in [-0.25, -0.2) is 4.98 Å². The molecule has 1 saturated heterocycles. The van der Waals surface area contributed by atoms with E-state index in [0.29, 0.717) is 17.0 Å². The molecule has 0 aliphatic carbocycles. The number of rotatable bonds is 13. The Kier molecular flexibility index (Phi) is 9.06. The summed E-state index contributed by atoms with van der Waals surface area (Å²) >= 11 is 1.46. The van der Waals surface area contributed by atoms with Crippen LogP contribution in [-0.4, -0.2) is 28.8 Å². The van der Waals surface area contributed by atoms with Crippen LogP contribution >= 0.6 is 11.3 Å². The second-order valence-corrected chi connectivity index (χ2v) is 10.9. The van der Waals surface area contributed by atoms with Gasteiger partial charge in [0.2, 0.25) is 0 Å². The first-order valence-corrected chi connectivity index (χ1v) is 13.8. The molecule has 180 valence electrons. The van der Waals surface area contributed by atoms with Gasteiger partial charge in [0.1, 0.15) is 0 Å². The third-order valence-electron chi connectivity index (χ3n) is 7.51. The van der Waals surface area contributed by atoms with Gasteiger partial charge in [-0.05, 0) is 29.4 Å². The van der Waals surface area contributed by atoms with E-state index in [1.807, 2.05) is 5.38 Å². The molecule has 0 spiro atoms. The molecule has 0 N–H and O–H groups in total. The Balaban J connectivity index is 1.14. The smallest absolute Gasteiger partial charge is 0.194 e. The summed E-state index contributed by atoms with van der Waals surface area (Å²) in [6, 6.07) is 22.2. The van der Waals surface area contributed by atoms with Gasteiger partial charge in [-0.2, -0.15) is 0 Å². The van der Waals surface area contributed by atoms with Crippen molar-refractivity contribution in [1.82, 2.24) is 9.88 Å². The number of carbonyl (C=O) groups is 1. The first kappa shape index (κ1) is 24.8. The molecule has 4 heteroatoms. The van der Waals surface area contributed by atoms with Crippen molar-refractivity contribution in [1.29, 1.82) is 0 Å². The van der Waals surface area contributed by atoms with E-state index in [0.717, 1.165) is 12.3 Å². The fourth-order valence-electron chi connectivity index (χ4n) is 5.19. The number of carbonyl (C=O) groups excluding carboxylic acids is 1. The summed E-state index contributed by atoms with van der Waals surface area (Å²) in [6.45, 7) is 6.67. The van der Waals surface area contributed by atoms with Crippen molar-refractivity contribution < 1.29 is 4.79 Å². The number of Topliss-reactive ketones (excluding diaryl/α,β-unsaturated/α-hetero) is 1. The molecular weight excluding hydrogens is 436 g/mol. The number of aromatic nitrogens is 1. The van der Waals surface area contributed by atoms with Crippen molar-refractivity contribution in [2.45, 2.75) is 58.4 Å². The summed E-state index contributed by atoms with van der Waals surface area (Å²) in [5, 5.41) is 2.55. The normalized spacial score (nSPS) is 16.3. The quantitative estimate of drug-likeness (QED) is 0.188. The van der Waals surface area contributed by atoms with Crippen LogP contribution in [0.1, 0.15) is 79.3 Å². The lowest BCUT2D eigenvalue weighted by molar-refractivity contribution is 0.0618. The Bertz CT molecular complexity index is 944. The summed E-state index contributed by atoms with van der Waals surface area (Å²) in [5.74, 6) is 1.52. The third kappa shape index (κ3) is 6.43. The van der Waals surface area contributed by atoms with Crippen molar-refractivity contribution in [2.75, 3.05) is 13.1 Å². The maximum atomic E-state index is 12.5. The van der Waals surface area contributed by atoms with Crippen molar-refractivity contribution in [3.63, 3.8) is 0 Å². The number of unbranched alkanes of at least 4 members (excludes halogenated alkanes) is 3. The average Bonchev–Trinajstić information content (AvgIpc) is 3.39. The topological polar surface area (TPSA) is 33.2 Å². The highest BCUT2D eigenvalue weighted by Gasteiger charge is 2.33. The van der Waals surface area contributed by atoms with E-state index in [2.05, 4.69) is 84.4 Å². The molecule has 0 radical (unpaired) electrons. The van der Waals surface area contributed by atoms with Gasteiger partial charge in [-0.3, -0.25) is 9.69 Å². The fraction of sp³-hybridized carbons (Fsp3) is 0.467. The van der Waals surface area contributed by atoms with Gasteiger partial charge in [-0.1, -0.05) is 107 Å². The summed E-state index contributed by atoms with van der Waals surface area (Å²) in [7, 11) is 0. The predicted octanol–water partition coefficient (Wildman–Crippen LogP) is 7.66. The summed E-state index contributed by atoms with van der Waals surface area (Å²) < 4.78 is 0. The number of likely N-dealkylation sites (tertiary alicyclic amines) is 1. The standard InChI is InChI=1S/C30H38N2OS/c1-23(24(2)29(33)30-31-19-20-34-30)13-7-3-4-8-14-25-21-32(22-25)28(26-15-9-5-10-16-26)27-17-11-6-12-18-27/h5-6,9-12,15-20,23-25,28H,3-4,7-8,13-14,21-22H2,1-2H3. The molecule has 3 aromatic rings. The molecule has 1 fully saturated rings. The molecule has 1 aliphatic rings. The van der Waals surface area contributed by atoms with Gasteiger partial charge >= 0.3 is 0 Å². The maximum Gasteiger partial charge on any atom is 0.194 e. The molecule has 0 amide bonds. The molecule has 1 aromatic heterocycles. The second kappa shape index (κ2) is 12.4. The van der Waals surface area contributed by atoms with Gasteiger partial charge in [0.25, 0.3) is 0 Å². The minimum Gasteiger partial charge on any atom is -0.292 e. The molecular formula is C30H38N2OS. The number of ketones is 1. The zero-order valence-electron chi connectivity index (χ0n) is 20.6. The van der Waals surface area contributed by atoms with E-state index in [4.69, 9.17) is 0 Å². The van der Waals surface area contributed by atoms with E-state index in [1.54, 1.807) is 6.20 Å².